The molecule has 0 spiro atoms. The number of benzene rings is 1. The van der Waals surface area contributed by atoms with Gasteiger partial charge in [-0.25, -0.2) is 0 Å². The van der Waals surface area contributed by atoms with Crippen molar-refractivity contribution in [1.82, 2.24) is 10.2 Å². The Morgan fingerprint density at radius 3 is 2.71 bits per heavy atom. The molecule has 4 rings (SSSR count). The van der Waals surface area contributed by atoms with Gasteiger partial charge in [-0.15, -0.1) is 0 Å². The van der Waals surface area contributed by atoms with E-state index < -0.39 is 0 Å². The molecule has 2 unspecified atom stereocenters. The van der Waals surface area contributed by atoms with Gasteiger partial charge in [-0.05, 0) is 43.2 Å². The largest absolute Gasteiger partial charge is 0.372 e. The van der Waals surface area contributed by atoms with Crippen molar-refractivity contribution in [2.45, 2.75) is 56.9 Å². The monoisotopic (exact) mass is 286 g/mol. The van der Waals surface area contributed by atoms with Crippen LogP contribution < -0.4 is 5.32 Å². The van der Waals surface area contributed by atoms with Crippen LogP contribution in [0.5, 0.6) is 0 Å². The zero-order chi connectivity index (χ0) is 14.1. The van der Waals surface area contributed by atoms with E-state index >= 15 is 0 Å². The number of fused-ring (bicyclic) bond motifs is 1. The summed E-state index contributed by atoms with van der Waals surface area (Å²) in [6.07, 6.45) is 7.28. The van der Waals surface area contributed by atoms with Crippen molar-refractivity contribution in [2.75, 3.05) is 19.6 Å². The first-order chi connectivity index (χ1) is 10.4. The van der Waals surface area contributed by atoms with E-state index in [4.69, 9.17) is 4.74 Å². The Morgan fingerprint density at radius 1 is 1.05 bits per heavy atom. The van der Waals surface area contributed by atoms with Crippen LogP contribution >= 0.6 is 0 Å². The number of ether oxygens (including phenoxy) is 1. The van der Waals surface area contributed by atoms with Crippen molar-refractivity contribution in [3.05, 3.63) is 35.4 Å². The Bertz CT molecular complexity index is 486. The van der Waals surface area contributed by atoms with Crippen LogP contribution in [0.2, 0.25) is 0 Å². The lowest BCUT2D eigenvalue weighted by Crippen LogP contribution is -2.37. The topological polar surface area (TPSA) is 24.5 Å². The molecule has 1 saturated heterocycles. The molecule has 3 nitrogen and oxygen atoms in total. The van der Waals surface area contributed by atoms with Gasteiger partial charge in [0.05, 0.1) is 12.2 Å². The van der Waals surface area contributed by atoms with Gasteiger partial charge in [0, 0.05) is 32.2 Å². The summed E-state index contributed by atoms with van der Waals surface area (Å²) in [7, 11) is 0. The van der Waals surface area contributed by atoms with Crippen molar-refractivity contribution in [1.29, 1.82) is 0 Å². The van der Waals surface area contributed by atoms with Crippen LogP contribution in [0.1, 0.15) is 36.8 Å². The summed E-state index contributed by atoms with van der Waals surface area (Å²) >= 11 is 0. The van der Waals surface area contributed by atoms with Gasteiger partial charge in [-0.2, -0.15) is 0 Å². The SMILES string of the molecule is c1ccc2c(c1)CCN(CC1CCC(CNC3CC3)O1)C2. The molecule has 0 aromatic heterocycles. The van der Waals surface area contributed by atoms with Gasteiger partial charge < -0.3 is 10.1 Å². The molecule has 2 fully saturated rings. The number of nitrogens with one attached hydrogen (secondary N) is 1. The first kappa shape index (κ1) is 13.7. The van der Waals surface area contributed by atoms with Crippen molar-refractivity contribution in [3.63, 3.8) is 0 Å². The lowest BCUT2D eigenvalue weighted by Gasteiger charge is -2.30. The highest BCUT2D eigenvalue weighted by Gasteiger charge is 2.29. The van der Waals surface area contributed by atoms with Crippen LogP contribution in [0.25, 0.3) is 0 Å². The normalized spacial score (nSPS) is 29.5. The van der Waals surface area contributed by atoms with Crippen LogP contribution in [0.4, 0.5) is 0 Å². The highest BCUT2D eigenvalue weighted by molar-refractivity contribution is 5.29. The smallest absolute Gasteiger partial charge is 0.0707 e. The Labute approximate surface area is 127 Å². The van der Waals surface area contributed by atoms with E-state index in [2.05, 4.69) is 34.5 Å². The zero-order valence-electron chi connectivity index (χ0n) is 12.8. The number of rotatable bonds is 5. The summed E-state index contributed by atoms with van der Waals surface area (Å²) in [5.74, 6) is 0. The predicted molar refractivity (Wildman–Crippen MR) is 84.3 cm³/mol. The fourth-order valence-electron chi connectivity index (χ4n) is 3.65. The molecule has 1 saturated carbocycles. The molecule has 1 aromatic rings. The average Bonchev–Trinajstić information content (AvgIpc) is 3.25. The van der Waals surface area contributed by atoms with E-state index in [-0.39, 0.29) is 0 Å². The molecule has 3 heteroatoms. The van der Waals surface area contributed by atoms with Crippen molar-refractivity contribution in [2.24, 2.45) is 0 Å². The van der Waals surface area contributed by atoms with Crippen LogP contribution in [-0.2, 0) is 17.7 Å². The fraction of sp³-hybridized carbons (Fsp3) is 0.667. The summed E-state index contributed by atoms with van der Waals surface area (Å²) in [5, 5.41) is 3.60. The second kappa shape index (κ2) is 6.07. The lowest BCUT2D eigenvalue weighted by molar-refractivity contribution is 0.0206. The van der Waals surface area contributed by atoms with Crippen molar-refractivity contribution < 1.29 is 4.74 Å². The van der Waals surface area contributed by atoms with E-state index in [0.717, 1.165) is 25.7 Å². The molecular formula is C18H26N2O. The van der Waals surface area contributed by atoms with Gasteiger partial charge >= 0.3 is 0 Å². The Hall–Kier alpha value is -0.900. The molecule has 3 aliphatic rings. The first-order valence-electron chi connectivity index (χ1n) is 8.55. The maximum Gasteiger partial charge on any atom is 0.0707 e. The van der Waals surface area contributed by atoms with E-state index in [1.807, 2.05) is 0 Å². The summed E-state index contributed by atoms with van der Waals surface area (Å²) in [6.45, 7) is 4.45. The van der Waals surface area contributed by atoms with Gasteiger partial charge in [0.15, 0.2) is 0 Å². The minimum atomic E-state index is 0.446. The van der Waals surface area contributed by atoms with E-state index in [0.29, 0.717) is 12.2 Å². The Morgan fingerprint density at radius 2 is 1.86 bits per heavy atom. The highest BCUT2D eigenvalue weighted by atomic mass is 16.5. The molecule has 1 N–H and O–H groups in total. The maximum atomic E-state index is 6.23. The van der Waals surface area contributed by atoms with Crippen LogP contribution in [-0.4, -0.2) is 42.8 Å². The third kappa shape index (κ3) is 3.47. The van der Waals surface area contributed by atoms with Crippen molar-refractivity contribution in [3.8, 4) is 0 Å². The molecule has 1 aliphatic carbocycles. The van der Waals surface area contributed by atoms with E-state index in [1.54, 1.807) is 0 Å². The third-order valence-corrected chi connectivity index (χ3v) is 5.08. The summed E-state index contributed by atoms with van der Waals surface area (Å²) in [5.41, 5.74) is 3.04. The number of hydrogen-bond acceptors (Lipinski definition) is 3. The number of nitrogens with zero attached hydrogens (tertiary/aromatic N) is 1. The molecule has 2 heterocycles. The molecule has 2 aliphatic heterocycles. The summed E-state index contributed by atoms with van der Waals surface area (Å²) < 4.78 is 6.23. The predicted octanol–water partition coefficient (Wildman–Crippen LogP) is 2.34. The van der Waals surface area contributed by atoms with Crippen LogP contribution in [0.3, 0.4) is 0 Å². The van der Waals surface area contributed by atoms with E-state index in [9.17, 15) is 0 Å². The molecule has 0 radical (unpaired) electrons. The van der Waals surface area contributed by atoms with Gasteiger partial charge in [0.25, 0.3) is 0 Å². The number of hydrogen-bond donors (Lipinski definition) is 1. The van der Waals surface area contributed by atoms with E-state index in [1.165, 1.54) is 49.8 Å². The quantitative estimate of drug-likeness (QED) is 0.899. The molecular weight excluding hydrogens is 260 g/mol. The lowest BCUT2D eigenvalue weighted by atomic mass is 9.99. The Kier molecular flexibility index (Phi) is 3.97. The fourth-order valence-corrected chi connectivity index (χ4v) is 3.65. The Balaban J connectivity index is 1.25. The molecule has 1 aromatic carbocycles. The second-order valence-electron chi connectivity index (χ2n) is 6.89. The molecule has 21 heavy (non-hydrogen) atoms. The maximum absolute atomic E-state index is 6.23. The first-order valence-corrected chi connectivity index (χ1v) is 8.55. The summed E-state index contributed by atoms with van der Waals surface area (Å²) in [6, 6.07) is 9.67. The minimum absolute atomic E-state index is 0.446. The highest BCUT2D eigenvalue weighted by Crippen LogP contribution is 2.25. The molecule has 0 bridgehead atoms. The summed E-state index contributed by atoms with van der Waals surface area (Å²) in [4.78, 5) is 2.57. The van der Waals surface area contributed by atoms with Crippen LogP contribution in [0.15, 0.2) is 24.3 Å². The molecule has 2 atom stereocenters. The standard InChI is InChI=1S/C18H26N2O/c1-2-4-15-12-20(10-9-14(15)3-1)13-18-8-7-17(21-18)11-19-16-5-6-16/h1-4,16-19H,5-13H2. The average molecular weight is 286 g/mol. The molecule has 114 valence electrons. The second-order valence-corrected chi connectivity index (χ2v) is 6.89. The van der Waals surface area contributed by atoms with Crippen LogP contribution in [0, 0.1) is 0 Å². The van der Waals surface area contributed by atoms with Gasteiger partial charge in [-0.1, -0.05) is 24.3 Å². The molecule has 0 amide bonds. The third-order valence-electron chi connectivity index (χ3n) is 5.08. The zero-order valence-corrected chi connectivity index (χ0v) is 12.8. The van der Waals surface area contributed by atoms with Crippen molar-refractivity contribution >= 4 is 0 Å². The van der Waals surface area contributed by atoms with Gasteiger partial charge in [0.1, 0.15) is 0 Å². The van der Waals surface area contributed by atoms with Gasteiger partial charge in [-0.3, -0.25) is 4.90 Å². The minimum Gasteiger partial charge on any atom is -0.372 e. The van der Waals surface area contributed by atoms with Gasteiger partial charge in [0.2, 0.25) is 0 Å².